The molecule has 0 aliphatic carbocycles. The third kappa shape index (κ3) is 9.37. The highest BCUT2D eigenvalue weighted by Gasteiger charge is 2.49. The Hall–Kier alpha value is -2.32. The van der Waals surface area contributed by atoms with Crippen molar-refractivity contribution in [1.29, 1.82) is 0 Å². The molecule has 0 N–H and O–H groups in total. The van der Waals surface area contributed by atoms with E-state index in [1.807, 2.05) is 6.07 Å². The van der Waals surface area contributed by atoms with Crippen molar-refractivity contribution in [1.82, 2.24) is 9.78 Å². The van der Waals surface area contributed by atoms with Gasteiger partial charge in [0.1, 0.15) is 18.2 Å². The van der Waals surface area contributed by atoms with Gasteiger partial charge in [0.15, 0.2) is 6.61 Å². The molecule has 4 rings (SSSR count). The van der Waals surface area contributed by atoms with Gasteiger partial charge in [-0.15, -0.1) is 0 Å². The molecule has 0 atom stereocenters. The van der Waals surface area contributed by atoms with Gasteiger partial charge in [0.25, 0.3) is 0 Å². The molecule has 0 amide bonds. The highest BCUT2D eigenvalue weighted by atomic mass is 79.9. The molecule has 1 aliphatic rings. The number of benzene rings is 2. The Kier molecular flexibility index (Phi) is 10.7. The van der Waals surface area contributed by atoms with Crippen LogP contribution in [0.5, 0.6) is 0 Å². The van der Waals surface area contributed by atoms with E-state index in [2.05, 4.69) is 46.1 Å². The minimum atomic E-state index is -6.15. The smallest absolute Gasteiger partial charge is 0.288 e. The number of hydrogen-bond donors (Lipinski definition) is 0. The Balaban J connectivity index is 0.000000214. The molecular weight excluding hydrogens is 731 g/mol. The molecule has 6 nitrogen and oxygen atoms in total. The number of alkyl halides is 9. The quantitative estimate of drug-likeness (QED) is 0.159. The normalized spacial score (nSPS) is 13.4. The average molecular weight is 743 g/mol. The number of rotatable bonds is 3. The van der Waals surface area contributed by atoms with Crippen LogP contribution in [0, 0.1) is 11.6 Å². The molecular formula is C20H12Br2F11N3O3S. The predicted octanol–water partition coefficient (Wildman–Crippen LogP) is 7.44. The van der Waals surface area contributed by atoms with E-state index in [1.165, 1.54) is 12.1 Å². The van der Waals surface area contributed by atoms with E-state index in [0.29, 0.717) is 16.6 Å². The first-order chi connectivity index (χ1) is 18.1. The molecule has 0 saturated carbocycles. The summed E-state index contributed by atoms with van der Waals surface area (Å²) in [4.78, 5) is 3.97. The van der Waals surface area contributed by atoms with Crippen molar-refractivity contribution in [3.05, 3.63) is 62.2 Å². The van der Waals surface area contributed by atoms with E-state index < -0.39 is 46.9 Å². The van der Waals surface area contributed by atoms with Crippen LogP contribution in [-0.2, 0) is 27.4 Å². The van der Waals surface area contributed by atoms with E-state index in [1.54, 1.807) is 12.3 Å². The lowest BCUT2D eigenvalue weighted by Gasteiger charge is -2.09. The molecule has 2 heterocycles. The number of nitrogens with zero attached hydrogens (tertiary/aromatic N) is 3. The van der Waals surface area contributed by atoms with Gasteiger partial charge >= 0.3 is 28.0 Å². The minimum absolute atomic E-state index is 0.0682. The van der Waals surface area contributed by atoms with Crippen molar-refractivity contribution in [3.8, 4) is 0 Å². The highest BCUT2D eigenvalue weighted by Crippen LogP contribution is 2.28. The van der Waals surface area contributed by atoms with Crippen LogP contribution in [-0.4, -0.2) is 48.9 Å². The van der Waals surface area contributed by atoms with E-state index >= 15 is 0 Å². The standard InChI is InChI=1S/C9H5BrF4N2.C8H5BrFN.C3H2F6O3S/c10-6-1-2-7-5(8(6)11)3-15-16(7)4-9(12,13)14;9-7-2-1-5-3-11-4-6(5)8(7)10;4-2(5,6)1-12-13(10,11)3(7,8)9/h1-3H,4H2;1-2,4H,3H2;1H2. The van der Waals surface area contributed by atoms with Gasteiger partial charge in [-0.25, -0.2) is 8.78 Å². The molecule has 2 aromatic carbocycles. The molecule has 222 valence electrons. The number of aliphatic imine (C=N–C) groups is 1. The maximum Gasteiger partial charge on any atom is 0.523 e. The summed E-state index contributed by atoms with van der Waals surface area (Å²) >= 11 is 6.06. The Morgan fingerprint density at radius 1 is 0.875 bits per heavy atom. The fourth-order valence-corrected chi connectivity index (χ4v) is 3.83. The number of fused-ring (bicyclic) bond motifs is 2. The van der Waals surface area contributed by atoms with Crippen LogP contribution in [0.2, 0.25) is 0 Å². The molecule has 0 spiro atoms. The summed E-state index contributed by atoms with van der Waals surface area (Å²) in [6.07, 6.45) is -6.84. The van der Waals surface area contributed by atoms with Crippen molar-refractivity contribution < 1.29 is 60.9 Å². The fourth-order valence-electron chi connectivity index (χ4n) is 2.72. The topological polar surface area (TPSA) is 73.5 Å². The molecule has 0 bridgehead atoms. The van der Waals surface area contributed by atoms with Gasteiger partial charge in [-0.2, -0.15) is 53.0 Å². The Labute approximate surface area is 234 Å². The molecule has 0 radical (unpaired) electrons. The third-order valence-electron chi connectivity index (χ3n) is 4.41. The molecule has 0 saturated heterocycles. The van der Waals surface area contributed by atoms with Gasteiger partial charge in [0.05, 0.1) is 32.6 Å². The van der Waals surface area contributed by atoms with Crippen molar-refractivity contribution in [2.75, 3.05) is 6.61 Å². The van der Waals surface area contributed by atoms with Crippen LogP contribution in [0.3, 0.4) is 0 Å². The lowest BCUT2D eigenvalue weighted by Crippen LogP contribution is -2.29. The number of aromatic nitrogens is 2. The van der Waals surface area contributed by atoms with Gasteiger partial charge < -0.3 is 0 Å². The zero-order chi connectivity index (χ0) is 30.7. The SMILES string of the molecule is Fc1c(Br)ccc2c1C=NC2.Fc1c(Br)ccc2c1cnn2CC(F)(F)F.O=S(=O)(OCC(F)(F)F)C(F)(F)F. The first-order valence-electron chi connectivity index (χ1n) is 9.98. The lowest BCUT2D eigenvalue weighted by molar-refractivity contribution is -0.156. The van der Waals surface area contributed by atoms with Gasteiger partial charge in [0, 0.05) is 11.8 Å². The van der Waals surface area contributed by atoms with Crippen LogP contribution >= 0.6 is 31.9 Å². The number of halogens is 13. The summed E-state index contributed by atoms with van der Waals surface area (Å²) in [5, 5.41) is 3.59. The zero-order valence-electron chi connectivity index (χ0n) is 19.0. The van der Waals surface area contributed by atoms with E-state index in [4.69, 9.17) is 0 Å². The monoisotopic (exact) mass is 741 g/mol. The van der Waals surface area contributed by atoms with Crippen molar-refractivity contribution in [2.24, 2.45) is 4.99 Å². The summed E-state index contributed by atoms with van der Waals surface area (Å²) in [7, 11) is -6.15. The second-order valence-corrected chi connectivity index (χ2v) is 10.7. The van der Waals surface area contributed by atoms with Crippen molar-refractivity contribution in [2.45, 2.75) is 31.0 Å². The van der Waals surface area contributed by atoms with E-state index in [0.717, 1.165) is 16.4 Å². The zero-order valence-corrected chi connectivity index (χ0v) is 23.0. The van der Waals surface area contributed by atoms with Crippen LogP contribution < -0.4 is 0 Å². The Bertz CT molecular complexity index is 1490. The van der Waals surface area contributed by atoms with Gasteiger partial charge in [-0.05, 0) is 55.6 Å². The second-order valence-electron chi connectivity index (χ2n) is 7.39. The molecule has 0 fully saturated rings. The summed E-state index contributed by atoms with van der Waals surface area (Å²) in [5.74, 6) is -0.810. The summed E-state index contributed by atoms with van der Waals surface area (Å²) in [5.41, 5.74) is -4.12. The summed E-state index contributed by atoms with van der Waals surface area (Å²) < 4.78 is 155. The second kappa shape index (κ2) is 12.7. The third-order valence-corrected chi connectivity index (χ3v) is 6.63. The van der Waals surface area contributed by atoms with Crippen LogP contribution in [0.4, 0.5) is 48.3 Å². The predicted molar refractivity (Wildman–Crippen MR) is 126 cm³/mol. The Morgan fingerprint density at radius 2 is 1.45 bits per heavy atom. The molecule has 20 heteroatoms. The maximum absolute atomic E-state index is 13.5. The maximum atomic E-state index is 13.5. The van der Waals surface area contributed by atoms with Gasteiger partial charge in [-0.1, -0.05) is 6.07 Å². The number of hydrogen-bond acceptors (Lipinski definition) is 5. The highest BCUT2D eigenvalue weighted by molar-refractivity contribution is 9.10. The first kappa shape index (κ1) is 33.9. The average Bonchev–Trinajstić information content (AvgIpc) is 3.44. The van der Waals surface area contributed by atoms with Crippen LogP contribution in [0.15, 0.2) is 44.4 Å². The minimum Gasteiger partial charge on any atom is -0.288 e. The van der Waals surface area contributed by atoms with Crippen molar-refractivity contribution in [3.63, 3.8) is 0 Å². The molecule has 40 heavy (non-hydrogen) atoms. The van der Waals surface area contributed by atoms with Gasteiger partial charge in [-0.3, -0.25) is 13.9 Å². The van der Waals surface area contributed by atoms with Crippen LogP contribution in [0.25, 0.3) is 10.9 Å². The van der Waals surface area contributed by atoms with E-state index in [9.17, 15) is 56.7 Å². The first-order valence-corrected chi connectivity index (χ1v) is 13.0. The summed E-state index contributed by atoms with van der Waals surface area (Å²) in [6.45, 7) is -3.11. The molecule has 3 aromatic rings. The van der Waals surface area contributed by atoms with Crippen LogP contribution in [0.1, 0.15) is 11.1 Å². The van der Waals surface area contributed by atoms with Crippen molar-refractivity contribution >= 4 is 59.1 Å². The lowest BCUT2D eigenvalue weighted by atomic mass is 10.1. The summed E-state index contributed by atoms with van der Waals surface area (Å²) in [6, 6.07) is 6.34. The molecule has 1 aromatic heterocycles. The Morgan fingerprint density at radius 3 is 2.00 bits per heavy atom. The molecule has 0 unspecified atom stereocenters. The molecule has 1 aliphatic heterocycles. The largest absolute Gasteiger partial charge is 0.523 e. The fraction of sp³-hybridized carbons (Fsp3) is 0.300. The van der Waals surface area contributed by atoms with E-state index in [-0.39, 0.29) is 21.2 Å². The van der Waals surface area contributed by atoms with Gasteiger partial charge in [0.2, 0.25) is 0 Å².